The number of pyridine rings is 1. The highest BCUT2D eigenvalue weighted by Gasteiger charge is 2.19. The molecule has 0 saturated heterocycles. The van der Waals surface area contributed by atoms with E-state index < -0.39 is 5.97 Å². The number of benzene rings is 2. The van der Waals surface area contributed by atoms with Gasteiger partial charge in [0.25, 0.3) is 0 Å². The van der Waals surface area contributed by atoms with Gasteiger partial charge in [0.05, 0.1) is 18.3 Å². The quantitative estimate of drug-likeness (QED) is 0.410. The van der Waals surface area contributed by atoms with Crippen LogP contribution in [0.4, 0.5) is 0 Å². The molecule has 4 heteroatoms. The zero-order valence-electron chi connectivity index (χ0n) is 12.9. The van der Waals surface area contributed by atoms with Crippen molar-refractivity contribution in [2.45, 2.75) is 0 Å². The second-order valence-electron chi connectivity index (χ2n) is 5.52. The first-order chi connectivity index (χ1) is 11.7. The fourth-order valence-corrected chi connectivity index (χ4v) is 3.08. The minimum absolute atomic E-state index is 0.0342. The Bertz CT molecular complexity index is 1080. The molecule has 24 heavy (non-hydrogen) atoms. The monoisotopic (exact) mass is 315 g/mol. The first kappa shape index (κ1) is 14.3. The summed E-state index contributed by atoms with van der Waals surface area (Å²) in [4.78, 5) is 28.3. The summed E-state index contributed by atoms with van der Waals surface area (Å²) in [5, 5.41) is 2.70. The van der Waals surface area contributed by atoms with Crippen molar-refractivity contribution >= 4 is 45.6 Å². The lowest BCUT2D eigenvalue weighted by atomic mass is 9.90. The van der Waals surface area contributed by atoms with E-state index in [4.69, 9.17) is 0 Å². The van der Waals surface area contributed by atoms with Crippen LogP contribution in [0.2, 0.25) is 0 Å². The molecule has 0 amide bonds. The summed E-state index contributed by atoms with van der Waals surface area (Å²) >= 11 is 0. The van der Waals surface area contributed by atoms with Gasteiger partial charge in [0, 0.05) is 27.8 Å². The molecular formula is C20H13NO3. The molecule has 0 aliphatic heterocycles. The third-order valence-electron chi connectivity index (χ3n) is 4.17. The highest BCUT2D eigenvalue weighted by molar-refractivity contribution is 6.24. The van der Waals surface area contributed by atoms with E-state index in [1.165, 1.54) is 13.2 Å². The zero-order valence-corrected chi connectivity index (χ0v) is 12.9. The summed E-state index contributed by atoms with van der Waals surface area (Å²) in [6.45, 7) is 0. The van der Waals surface area contributed by atoms with Gasteiger partial charge in [-0.15, -0.1) is 0 Å². The number of carbonyl (C=O) groups is 2. The van der Waals surface area contributed by atoms with E-state index in [1.54, 1.807) is 24.3 Å². The number of aromatic nitrogens is 1. The second-order valence-corrected chi connectivity index (χ2v) is 5.52. The molecular weight excluding hydrogens is 302 g/mol. The van der Waals surface area contributed by atoms with Crippen LogP contribution in [0.15, 0.2) is 48.6 Å². The topological polar surface area (TPSA) is 56.3 Å². The van der Waals surface area contributed by atoms with E-state index in [0.29, 0.717) is 5.56 Å². The highest BCUT2D eigenvalue weighted by Crippen LogP contribution is 2.35. The highest BCUT2D eigenvalue weighted by atomic mass is 16.5. The molecule has 0 atom stereocenters. The van der Waals surface area contributed by atoms with Crippen molar-refractivity contribution in [3.8, 4) is 0 Å². The Morgan fingerprint density at radius 1 is 1.08 bits per heavy atom. The lowest BCUT2D eigenvalue weighted by Crippen LogP contribution is -2.04. The third kappa shape index (κ3) is 2.12. The zero-order chi connectivity index (χ0) is 16.7. The molecule has 3 aromatic rings. The molecule has 0 bridgehead atoms. The van der Waals surface area contributed by atoms with Gasteiger partial charge in [0.15, 0.2) is 5.78 Å². The largest absolute Gasteiger partial charge is 0.466 e. The fraction of sp³-hybridized carbons (Fsp3) is 0.0500. The molecule has 2 aromatic carbocycles. The van der Waals surface area contributed by atoms with Gasteiger partial charge in [-0.25, -0.2) is 9.78 Å². The molecule has 4 nitrogen and oxygen atoms in total. The van der Waals surface area contributed by atoms with Crippen molar-refractivity contribution < 1.29 is 14.3 Å². The molecule has 0 spiro atoms. The Morgan fingerprint density at radius 3 is 2.75 bits per heavy atom. The first-order valence-corrected chi connectivity index (χ1v) is 7.53. The van der Waals surface area contributed by atoms with Gasteiger partial charge in [0.2, 0.25) is 0 Å². The van der Waals surface area contributed by atoms with Crippen LogP contribution in [-0.4, -0.2) is 23.8 Å². The Morgan fingerprint density at radius 2 is 1.92 bits per heavy atom. The van der Waals surface area contributed by atoms with E-state index in [1.807, 2.05) is 30.3 Å². The number of allylic oxidation sites excluding steroid dienone is 1. The van der Waals surface area contributed by atoms with Crippen LogP contribution in [0.1, 0.15) is 21.6 Å². The first-order valence-electron chi connectivity index (χ1n) is 7.53. The Labute approximate surface area is 138 Å². The summed E-state index contributed by atoms with van der Waals surface area (Å²) < 4.78 is 4.66. The minimum atomic E-state index is -0.422. The SMILES string of the molecule is COC(=O)/C=C/c1ccc2c3c(nc4ccccc4c13)C=CC2=O. The molecule has 116 valence electrons. The van der Waals surface area contributed by atoms with Crippen molar-refractivity contribution in [3.63, 3.8) is 0 Å². The van der Waals surface area contributed by atoms with E-state index >= 15 is 0 Å². The number of nitrogens with zero attached hydrogens (tertiary/aromatic N) is 1. The maximum atomic E-state index is 12.2. The molecule has 0 radical (unpaired) electrons. The number of hydrogen-bond acceptors (Lipinski definition) is 4. The van der Waals surface area contributed by atoms with Crippen molar-refractivity contribution in [1.82, 2.24) is 4.98 Å². The van der Waals surface area contributed by atoms with Crippen molar-refractivity contribution in [2.75, 3.05) is 7.11 Å². The van der Waals surface area contributed by atoms with Gasteiger partial charge in [-0.3, -0.25) is 4.79 Å². The van der Waals surface area contributed by atoms with Gasteiger partial charge in [-0.1, -0.05) is 24.3 Å². The molecule has 0 saturated carbocycles. The van der Waals surface area contributed by atoms with Crippen LogP contribution < -0.4 is 0 Å². The summed E-state index contributed by atoms with van der Waals surface area (Å²) in [6.07, 6.45) is 6.39. The molecule has 1 heterocycles. The molecule has 0 N–H and O–H groups in total. The molecule has 1 aliphatic carbocycles. The van der Waals surface area contributed by atoms with Crippen LogP contribution in [0.5, 0.6) is 0 Å². The average molecular weight is 315 g/mol. The van der Waals surface area contributed by atoms with Crippen LogP contribution in [-0.2, 0) is 9.53 Å². The van der Waals surface area contributed by atoms with Gasteiger partial charge in [-0.2, -0.15) is 0 Å². The minimum Gasteiger partial charge on any atom is -0.466 e. The smallest absolute Gasteiger partial charge is 0.330 e. The van der Waals surface area contributed by atoms with Gasteiger partial charge < -0.3 is 4.74 Å². The molecule has 0 fully saturated rings. The van der Waals surface area contributed by atoms with Crippen LogP contribution in [0.25, 0.3) is 33.8 Å². The number of esters is 1. The van der Waals surface area contributed by atoms with E-state index in [0.717, 1.165) is 32.9 Å². The number of methoxy groups -OCH3 is 1. The predicted molar refractivity (Wildman–Crippen MR) is 93.7 cm³/mol. The number of ether oxygens (including phenoxy) is 1. The van der Waals surface area contributed by atoms with Gasteiger partial charge in [0.1, 0.15) is 0 Å². The van der Waals surface area contributed by atoms with Crippen molar-refractivity contribution in [3.05, 3.63) is 65.4 Å². The predicted octanol–water partition coefficient (Wildman–Crippen LogP) is 3.78. The molecule has 4 rings (SSSR count). The van der Waals surface area contributed by atoms with Gasteiger partial charge >= 0.3 is 5.97 Å². The summed E-state index contributed by atoms with van der Waals surface area (Å²) in [5.74, 6) is -0.457. The molecule has 1 aromatic heterocycles. The maximum absolute atomic E-state index is 12.2. The normalized spacial score (nSPS) is 13.1. The van der Waals surface area contributed by atoms with E-state index in [-0.39, 0.29) is 5.78 Å². The maximum Gasteiger partial charge on any atom is 0.330 e. The van der Waals surface area contributed by atoms with E-state index in [2.05, 4.69) is 9.72 Å². The fourth-order valence-electron chi connectivity index (χ4n) is 3.08. The standard InChI is InChI=1S/C20H13NO3/c1-24-18(23)11-7-12-6-8-14-17(22)10-9-16-20(14)19(12)13-4-2-3-5-15(13)21-16/h2-11H,1H3/b11-7+. The van der Waals surface area contributed by atoms with Crippen molar-refractivity contribution in [2.24, 2.45) is 0 Å². The van der Waals surface area contributed by atoms with Crippen molar-refractivity contribution in [1.29, 1.82) is 0 Å². The van der Waals surface area contributed by atoms with Crippen LogP contribution >= 0.6 is 0 Å². The number of carbonyl (C=O) groups excluding carboxylic acids is 2. The lowest BCUT2D eigenvalue weighted by Gasteiger charge is -2.15. The molecule has 0 unspecified atom stereocenters. The number of ketones is 1. The van der Waals surface area contributed by atoms with Crippen LogP contribution in [0.3, 0.4) is 0 Å². The number of fused-ring (bicyclic) bond motifs is 2. The summed E-state index contributed by atoms with van der Waals surface area (Å²) in [7, 11) is 1.34. The van der Waals surface area contributed by atoms with E-state index in [9.17, 15) is 9.59 Å². The molecule has 1 aliphatic rings. The summed E-state index contributed by atoms with van der Waals surface area (Å²) in [5.41, 5.74) is 3.11. The number of para-hydroxylation sites is 1. The second kappa shape index (κ2) is 5.42. The third-order valence-corrected chi connectivity index (χ3v) is 4.17. The number of rotatable bonds is 2. The Balaban J connectivity index is 2.14. The Kier molecular flexibility index (Phi) is 3.24. The Hall–Kier alpha value is -3.27. The van der Waals surface area contributed by atoms with Crippen LogP contribution in [0, 0.1) is 0 Å². The number of hydrogen-bond donors (Lipinski definition) is 0. The lowest BCUT2D eigenvalue weighted by molar-refractivity contribution is -0.134. The van der Waals surface area contributed by atoms with Gasteiger partial charge in [-0.05, 0) is 35.9 Å². The summed E-state index contributed by atoms with van der Waals surface area (Å²) in [6, 6.07) is 11.4. The average Bonchev–Trinajstić information content (AvgIpc) is 2.62.